The maximum absolute atomic E-state index is 3.60. The van der Waals surface area contributed by atoms with E-state index < -0.39 is 0 Å². The summed E-state index contributed by atoms with van der Waals surface area (Å²) in [6.07, 6.45) is 0.905. The molecule has 0 radical (unpaired) electrons. The van der Waals surface area contributed by atoms with Crippen molar-refractivity contribution in [3.8, 4) is 0 Å². The SMILES string of the molecule is c1ccc(Cc2[nH]c3ccccc3[n+]2Cc2ccccc2)cc1. The molecule has 0 fully saturated rings. The first-order chi connectivity index (χ1) is 11.4. The molecular weight excluding hydrogens is 280 g/mol. The summed E-state index contributed by atoms with van der Waals surface area (Å²) in [5.74, 6) is 1.24. The number of imidazole rings is 1. The molecule has 0 saturated carbocycles. The van der Waals surface area contributed by atoms with Crippen molar-refractivity contribution in [2.24, 2.45) is 0 Å². The molecule has 1 N–H and O–H groups in total. The standard InChI is InChI=1S/C21H18N2/c1-3-9-17(10-4-1)15-21-22-19-13-7-8-14-20(19)23(21)16-18-11-5-2-6-12-18/h1-14H,15-16H2/p+1. The van der Waals surface area contributed by atoms with Crippen molar-refractivity contribution in [2.75, 3.05) is 0 Å². The third kappa shape index (κ3) is 2.88. The number of nitrogens with zero attached hydrogens (tertiary/aromatic N) is 1. The van der Waals surface area contributed by atoms with Gasteiger partial charge in [-0.15, -0.1) is 0 Å². The minimum absolute atomic E-state index is 0.882. The molecule has 0 bridgehead atoms. The topological polar surface area (TPSA) is 19.7 Å². The maximum Gasteiger partial charge on any atom is 0.259 e. The summed E-state index contributed by atoms with van der Waals surface area (Å²) < 4.78 is 2.39. The highest BCUT2D eigenvalue weighted by molar-refractivity contribution is 5.71. The minimum atomic E-state index is 0.882. The summed E-state index contributed by atoms with van der Waals surface area (Å²) in [4.78, 5) is 3.60. The Hall–Kier alpha value is -2.87. The molecule has 0 aliphatic rings. The number of benzene rings is 3. The van der Waals surface area contributed by atoms with Crippen LogP contribution in [0, 0.1) is 0 Å². The van der Waals surface area contributed by atoms with Gasteiger partial charge < -0.3 is 0 Å². The van der Waals surface area contributed by atoms with E-state index in [4.69, 9.17) is 0 Å². The highest BCUT2D eigenvalue weighted by Gasteiger charge is 2.18. The molecule has 0 aliphatic carbocycles. The number of rotatable bonds is 4. The van der Waals surface area contributed by atoms with E-state index in [1.807, 2.05) is 0 Å². The van der Waals surface area contributed by atoms with Crippen LogP contribution >= 0.6 is 0 Å². The summed E-state index contributed by atoms with van der Waals surface area (Å²) in [7, 11) is 0. The van der Waals surface area contributed by atoms with E-state index in [1.54, 1.807) is 0 Å². The monoisotopic (exact) mass is 299 g/mol. The molecule has 0 spiro atoms. The molecule has 23 heavy (non-hydrogen) atoms. The van der Waals surface area contributed by atoms with Crippen molar-refractivity contribution in [3.63, 3.8) is 0 Å². The Labute approximate surface area is 136 Å². The van der Waals surface area contributed by atoms with Crippen LogP contribution in [0.2, 0.25) is 0 Å². The summed E-state index contributed by atoms with van der Waals surface area (Å²) in [5, 5.41) is 0. The van der Waals surface area contributed by atoms with E-state index in [2.05, 4.69) is 94.5 Å². The molecule has 0 saturated heterocycles. The Morgan fingerprint density at radius 1 is 0.652 bits per heavy atom. The molecule has 0 aliphatic heterocycles. The lowest BCUT2D eigenvalue weighted by Crippen LogP contribution is -2.37. The molecule has 4 aromatic rings. The number of hydrogen-bond donors (Lipinski definition) is 1. The summed E-state index contributed by atoms with van der Waals surface area (Å²) in [6, 6.07) is 29.7. The van der Waals surface area contributed by atoms with Gasteiger partial charge in [0.05, 0.1) is 6.42 Å². The van der Waals surface area contributed by atoms with Gasteiger partial charge in [0.25, 0.3) is 5.82 Å². The normalized spacial score (nSPS) is 11.0. The fourth-order valence-corrected chi connectivity index (χ4v) is 3.06. The van der Waals surface area contributed by atoms with E-state index in [1.165, 1.54) is 28.0 Å². The predicted octanol–water partition coefficient (Wildman–Crippen LogP) is 4.09. The maximum atomic E-state index is 3.60. The van der Waals surface area contributed by atoms with Crippen LogP contribution in [-0.4, -0.2) is 4.98 Å². The molecule has 3 aromatic carbocycles. The fraction of sp³-hybridized carbons (Fsp3) is 0.0952. The van der Waals surface area contributed by atoms with Gasteiger partial charge in [-0.3, -0.25) is 0 Å². The Bertz CT molecular complexity index is 908. The first-order valence-electron chi connectivity index (χ1n) is 7.97. The van der Waals surface area contributed by atoms with Gasteiger partial charge in [0, 0.05) is 0 Å². The second-order valence-corrected chi connectivity index (χ2v) is 5.82. The number of hydrogen-bond acceptors (Lipinski definition) is 0. The van der Waals surface area contributed by atoms with Crippen LogP contribution in [0.25, 0.3) is 11.0 Å². The van der Waals surface area contributed by atoms with Crippen molar-refractivity contribution < 1.29 is 4.57 Å². The van der Waals surface area contributed by atoms with E-state index in [9.17, 15) is 0 Å². The Morgan fingerprint density at radius 3 is 2.00 bits per heavy atom. The Balaban J connectivity index is 1.78. The van der Waals surface area contributed by atoms with Crippen LogP contribution in [-0.2, 0) is 13.0 Å². The average Bonchev–Trinajstić information content (AvgIpc) is 2.94. The third-order valence-corrected chi connectivity index (χ3v) is 4.20. The first kappa shape index (κ1) is 13.8. The van der Waals surface area contributed by atoms with Crippen LogP contribution in [0.3, 0.4) is 0 Å². The lowest BCUT2D eigenvalue weighted by Gasteiger charge is -2.03. The van der Waals surface area contributed by atoms with Gasteiger partial charge in [0.2, 0.25) is 0 Å². The van der Waals surface area contributed by atoms with Gasteiger partial charge in [-0.1, -0.05) is 72.8 Å². The number of H-pyrrole nitrogens is 1. The van der Waals surface area contributed by atoms with Gasteiger partial charge in [0.1, 0.15) is 6.54 Å². The van der Waals surface area contributed by atoms with Gasteiger partial charge in [-0.25, -0.2) is 9.55 Å². The second kappa shape index (κ2) is 6.09. The van der Waals surface area contributed by atoms with Crippen molar-refractivity contribution in [3.05, 3.63) is 102 Å². The summed E-state index contributed by atoms with van der Waals surface area (Å²) >= 11 is 0. The number of aromatic amines is 1. The second-order valence-electron chi connectivity index (χ2n) is 5.82. The van der Waals surface area contributed by atoms with Crippen LogP contribution in [0.15, 0.2) is 84.9 Å². The van der Waals surface area contributed by atoms with Crippen molar-refractivity contribution in [1.82, 2.24) is 4.98 Å². The molecule has 112 valence electrons. The number of nitrogens with one attached hydrogen (secondary N) is 1. The lowest BCUT2D eigenvalue weighted by atomic mass is 10.1. The van der Waals surface area contributed by atoms with E-state index >= 15 is 0 Å². The van der Waals surface area contributed by atoms with Crippen LogP contribution in [0.1, 0.15) is 17.0 Å². The average molecular weight is 299 g/mol. The highest BCUT2D eigenvalue weighted by atomic mass is 15.1. The fourth-order valence-electron chi connectivity index (χ4n) is 3.06. The Morgan fingerprint density at radius 2 is 1.26 bits per heavy atom. The van der Waals surface area contributed by atoms with Crippen molar-refractivity contribution in [2.45, 2.75) is 13.0 Å². The van der Waals surface area contributed by atoms with Gasteiger partial charge in [-0.2, -0.15) is 0 Å². The predicted molar refractivity (Wildman–Crippen MR) is 93.3 cm³/mol. The molecule has 0 amide bonds. The zero-order chi connectivity index (χ0) is 15.5. The zero-order valence-corrected chi connectivity index (χ0v) is 12.9. The molecule has 1 heterocycles. The molecule has 2 heteroatoms. The molecule has 4 rings (SSSR count). The third-order valence-electron chi connectivity index (χ3n) is 4.20. The molecule has 0 unspecified atom stereocenters. The molecule has 1 aromatic heterocycles. The van der Waals surface area contributed by atoms with Crippen molar-refractivity contribution >= 4 is 11.0 Å². The van der Waals surface area contributed by atoms with Gasteiger partial charge in [0.15, 0.2) is 11.0 Å². The minimum Gasteiger partial charge on any atom is -0.240 e. The number of fused-ring (bicyclic) bond motifs is 1. The van der Waals surface area contributed by atoms with E-state index in [0.29, 0.717) is 0 Å². The number of para-hydroxylation sites is 2. The van der Waals surface area contributed by atoms with Gasteiger partial charge in [-0.05, 0) is 23.3 Å². The molecule has 0 atom stereocenters. The van der Waals surface area contributed by atoms with Gasteiger partial charge >= 0.3 is 0 Å². The highest BCUT2D eigenvalue weighted by Crippen LogP contribution is 2.13. The van der Waals surface area contributed by atoms with Crippen LogP contribution in [0.4, 0.5) is 0 Å². The largest absolute Gasteiger partial charge is 0.259 e. The quantitative estimate of drug-likeness (QED) is 0.548. The zero-order valence-electron chi connectivity index (χ0n) is 12.9. The first-order valence-corrected chi connectivity index (χ1v) is 7.97. The molecule has 2 nitrogen and oxygen atoms in total. The van der Waals surface area contributed by atoms with Crippen molar-refractivity contribution in [1.29, 1.82) is 0 Å². The number of aromatic nitrogens is 2. The van der Waals surface area contributed by atoms with Crippen LogP contribution in [0.5, 0.6) is 0 Å². The van der Waals surface area contributed by atoms with Crippen LogP contribution < -0.4 is 4.57 Å². The lowest BCUT2D eigenvalue weighted by molar-refractivity contribution is -0.669. The molecular formula is C21H19N2+. The van der Waals surface area contributed by atoms with E-state index in [0.717, 1.165) is 13.0 Å². The Kier molecular flexibility index (Phi) is 3.65. The smallest absolute Gasteiger partial charge is 0.240 e. The summed E-state index contributed by atoms with van der Waals surface area (Å²) in [6.45, 7) is 0.882. The summed E-state index contributed by atoms with van der Waals surface area (Å²) in [5.41, 5.74) is 5.08. The van der Waals surface area contributed by atoms with E-state index in [-0.39, 0.29) is 0 Å².